The summed E-state index contributed by atoms with van der Waals surface area (Å²) in [4.78, 5) is 0. The molecule has 0 amide bonds. The fraction of sp³-hybridized carbons (Fsp3) is 0.321. The zero-order valence-electron chi connectivity index (χ0n) is 21.5. The summed E-state index contributed by atoms with van der Waals surface area (Å²) in [5.41, 5.74) is 4.41. The van der Waals surface area contributed by atoms with E-state index in [1.54, 1.807) is 0 Å². The molecule has 3 aromatic carbocycles. The highest BCUT2D eigenvalue weighted by Crippen LogP contribution is 2.36. The number of benzene rings is 3. The number of hydrogen-bond donors (Lipinski definition) is 3. The maximum absolute atomic E-state index is 13.0. The van der Waals surface area contributed by atoms with Crippen molar-refractivity contribution >= 4 is 0 Å². The Hall–Kier alpha value is -3.76. The van der Waals surface area contributed by atoms with E-state index in [0.717, 1.165) is 39.9 Å². The largest absolute Gasteiger partial charge is 0.485 e. The van der Waals surface area contributed by atoms with Crippen LogP contribution in [0.15, 0.2) is 60.7 Å². The van der Waals surface area contributed by atoms with Crippen molar-refractivity contribution in [2.45, 2.75) is 52.7 Å². The van der Waals surface area contributed by atoms with Crippen molar-refractivity contribution in [3.8, 4) is 16.9 Å². The number of aliphatic hydroxyl groups is 1. The van der Waals surface area contributed by atoms with Crippen LogP contribution in [-0.2, 0) is 12.7 Å². The number of rotatable bonds is 9. The number of nitrogens with zero attached hydrogens (tertiary/aromatic N) is 3. The number of tetrazole rings is 1. The Bertz CT molecular complexity index is 1320. The SMILES string of the molecule is Cc1cc(OC(c2ccc(C(O)NCc3nn[nH]n3)cc2)C(C)C)cc(C)c1-c1ccc(C(F)(F)F)cc1. The molecule has 4 rings (SSSR count). The van der Waals surface area contributed by atoms with Gasteiger partial charge in [-0.05, 0) is 77.4 Å². The quantitative estimate of drug-likeness (QED) is 0.230. The molecule has 10 heteroatoms. The van der Waals surface area contributed by atoms with Gasteiger partial charge in [0.1, 0.15) is 18.1 Å². The summed E-state index contributed by atoms with van der Waals surface area (Å²) in [5.74, 6) is 1.28. The molecule has 1 heterocycles. The van der Waals surface area contributed by atoms with Gasteiger partial charge in [0.15, 0.2) is 5.82 Å². The van der Waals surface area contributed by atoms with Crippen LogP contribution in [0, 0.1) is 19.8 Å². The van der Waals surface area contributed by atoms with Gasteiger partial charge < -0.3 is 9.84 Å². The molecule has 3 N–H and O–H groups in total. The first-order valence-electron chi connectivity index (χ1n) is 12.2. The highest BCUT2D eigenvalue weighted by molar-refractivity contribution is 5.72. The molecule has 0 aliphatic carbocycles. The van der Waals surface area contributed by atoms with Crippen LogP contribution in [0.2, 0.25) is 0 Å². The Morgan fingerprint density at radius 3 is 2.08 bits per heavy atom. The first-order valence-corrected chi connectivity index (χ1v) is 12.2. The molecule has 2 unspecified atom stereocenters. The monoisotopic (exact) mass is 525 g/mol. The van der Waals surface area contributed by atoms with Crippen LogP contribution in [0.4, 0.5) is 13.2 Å². The van der Waals surface area contributed by atoms with E-state index in [1.165, 1.54) is 12.1 Å². The van der Waals surface area contributed by atoms with Gasteiger partial charge in [-0.1, -0.05) is 55.5 Å². The Kier molecular flexibility index (Phi) is 8.13. The van der Waals surface area contributed by atoms with Crippen molar-refractivity contribution < 1.29 is 23.0 Å². The molecule has 0 saturated carbocycles. The van der Waals surface area contributed by atoms with Crippen molar-refractivity contribution in [2.24, 2.45) is 5.92 Å². The number of H-pyrrole nitrogens is 1. The second-order valence-corrected chi connectivity index (χ2v) is 9.57. The van der Waals surface area contributed by atoms with E-state index in [-0.39, 0.29) is 18.6 Å². The topological polar surface area (TPSA) is 96.0 Å². The lowest BCUT2D eigenvalue weighted by atomic mass is 9.94. The molecule has 2 atom stereocenters. The number of aromatic amines is 1. The van der Waals surface area contributed by atoms with Gasteiger partial charge in [0.05, 0.1) is 12.1 Å². The fourth-order valence-corrected chi connectivity index (χ4v) is 4.44. The zero-order valence-corrected chi connectivity index (χ0v) is 21.5. The molecule has 0 spiro atoms. The Morgan fingerprint density at radius 1 is 0.947 bits per heavy atom. The molecule has 38 heavy (non-hydrogen) atoms. The lowest BCUT2D eigenvalue weighted by molar-refractivity contribution is -0.137. The van der Waals surface area contributed by atoms with Crippen LogP contribution in [0.25, 0.3) is 11.1 Å². The summed E-state index contributed by atoms with van der Waals surface area (Å²) in [6, 6.07) is 16.6. The number of hydrogen-bond acceptors (Lipinski definition) is 6. The third-order valence-electron chi connectivity index (χ3n) is 6.30. The molecule has 0 bridgehead atoms. The third-order valence-corrected chi connectivity index (χ3v) is 6.30. The van der Waals surface area contributed by atoms with E-state index in [2.05, 4.69) is 39.8 Å². The van der Waals surface area contributed by atoms with E-state index in [9.17, 15) is 18.3 Å². The molecule has 0 aliphatic heterocycles. The van der Waals surface area contributed by atoms with Gasteiger partial charge in [0.25, 0.3) is 0 Å². The average Bonchev–Trinajstić information content (AvgIpc) is 3.39. The van der Waals surface area contributed by atoms with Gasteiger partial charge in [-0.3, -0.25) is 5.32 Å². The maximum Gasteiger partial charge on any atom is 0.416 e. The lowest BCUT2D eigenvalue weighted by Crippen LogP contribution is -2.21. The van der Waals surface area contributed by atoms with Crippen LogP contribution in [-0.4, -0.2) is 25.7 Å². The first kappa shape index (κ1) is 27.3. The molecule has 4 aromatic rings. The van der Waals surface area contributed by atoms with E-state index in [4.69, 9.17) is 4.74 Å². The molecule has 0 saturated heterocycles. The fourth-order valence-electron chi connectivity index (χ4n) is 4.44. The van der Waals surface area contributed by atoms with Crippen LogP contribution in [0.3, 0.4) is 0 Å². The summed E-state index contributed by atoms with van der Waals surface area (Å²) < 4.78 is 45.3. The number of aromatic nitrogens is 4. The molecule has 1 aromatic heterocycles. The zero-order chi connectivity index (χ0) is 27.4. The molecule has 0 fully saturated rings. The minimum Gasteiger partial charge on any atom is -0.485 e. The van der Waals surface area contributed by atoms with Crippen LogP contribution in [0.1, 0.15) is 59.8 Å². The Balaban J connectivity index is 1.49. The average molecular weight is 526 g/mol. The normalized spacial score (nSPS) is 13.5. The summed E-state index contributed by atoms with van der Waals surface area (Å²) in [6.07, 6.45) is -5.51. The van der Waals surface area contributed by atoms with Crippen LogP contribution < -0.4 is 10.1 Å². The van der Waals surface area contributed by atoms with Crippen LogP contribution in [0.5, 0.6) is 5.75 Å². The Morgan fingerprint density at radius 2 is 1.55 bits per heavy atom. The van der Waals surface area contributed by atoms with E-state index in [0.29, 0.717) is 17.1 Å². The van der Waals surface area contributed by atoms with Crippen molar-refractivity contribution in [2.75, 3.05) is 0 Å². The number of nitrogens with one attached hydrogen (secondary N) is 2. The van der Waals surface area contributed by atoms with E-state index < -0.39 is 18.0 Å². The van der Waals surface area contributed by atoms with E-state index >= 15 is 0 Å². The smallest absolute Gasteiger partial charge is 0.416 e. The van der Waals surface area contributed by atoms with Gasteiger partial charge in [0, 0.05) is 0 Å². The van der Waals surface area contributed by atoms with Crippen LogP contribution >= 0.6 is 0 Å². The number of aryl methyl sites for hydroxylation is 2. The molecular formula is C28H30F3N5O2. The molecule has 200 valence electrons. The number of alkyl halides is 3. The van der Waals surface area contributed by atoms with Gasteiger partial charge in [0.2, 0.25) is 0 Å². The van der Waals surface area contributed by atoms with Gasteiger partial charge in [-0.25, -0.2) is 0 Å². The number of aliphatic hydroxyl groups excluding tert-OH is 1. The van der Waals surface area contributed by atoms with E-state index in [1.807, 2.05) is 50.2 Å². The Labute approximate surface area is 219 Å². The molecule has 0 radical (unpaired) electrons. The van der Waals surface area contributed by atoms with Crippen molar-refractivity contribution in [1.82, 2.24) is 25.9 Å². The van der Waals surface area contributed by atoms with Gasteiger partial charge in [-0.15, -0.1) is 10.2 Å². The highest BCUT2D eigenvalue weighted by Gasteiger charge is 2.30. The summed E-state index contributed by atoms with van der Waals surface area (Å²) in [6.45, 7) is 8.24. The third kappa shape index (κ3) is 6.38. The molecule has 7 nitrogen and oxygen atoms in total. The van der Waals surface area contributed by atoms with Crippen molar-refractivity contribution in [3.63, 3.8) is 0 Å². The molecular weight excluding hydrogens is 495 g/mol. The van der Waals surface area contributed by atoms with Crippen molar-refractivity contribution in [3.05, 3.63) is 94.3 Å². The predicted octanol–water partition coefficient (Wildman–Crippen LogP) is 6.06. The first-order chi connectivity index (χ1) is 18.0. The predicted molar refractivity (Wildman–Crippen MR) is 137 cm³/mol. The molecule has 0 aliphatic rings. The van der Waals surface area contributed by atoms with Gasteiger partial charge >= 0.3 is 6.18 Å². The van der Waals surface area contributed by atoms with Gasteiger partial charge in [-0.2, -0.15) is 18.4 Å². The summed E-state index contributed by atoms with van der Waals surface area (Å²) >= 11 is 0. The summed E-state index contributed by atoms with van der Waals surface area (Å²) in [7, 11) is 0. The number of ether oxygens (including phenoxy) is 1. The van der Waals surface area contributed by atoms with Crippen molar-refractivity contribution in [1.29, 1.82) is 0 Å². The highest BCUT2D eigenvalue weighted by atomic mass is 19.4. The second-order valence-electron chi connectivity index (χ2n) is 9.57. The lowest BCUT2D eigenvalue weighted by Gasteiger charge is -2.25. The minimum atomic E-state index is -4.37. The summed E-state index contributed by atoms with van der Waals surface area (Å²) in [5, 5.41) is 26.9. The maximum atomic E-state index is 13.0. The second kappa shape index (κ2) is 11.3. The minimum absolute atomic E-state index is 0.150. The standard InChI is InChI=1S/C28H30F3N5O2/c1-16(2)26(20-5-7-21(8-6-20)27(37)32-15-24-33-35-36-34-24)38-23-13-17(3)25(18(4)14-23)19-9-11-22(12-10-19)28(29,30)31/h5-14,16,26-27,32,37H,15H2,1-4H3,(H,33,34,35,36). The number of halogens is 3.